The lowest BCUT2D eigenvalue weighted by Gasteiger charge is -1.99. The fourth-order valence-electron chi connectivity index (χ4n) is 1.92. The first-order valence-electron chi connectivity index (χ1n) is 5.67. The van der Waals surface area contributed by atoms with Crippen LogP contribution in [-0.2, 0) is 0 Å². The zero-order valence-corrected chi connectivity index (χ0v) is 9.84. The summed E-state index contributed by atoms with van der Waals surface area (Å²) in [5.41, 5.74) is 2.38. The number of hydrogen-bond acceptors (Lipinski definition) is 3. The van der Waals surface area contributed by atoms with Gasteiger partial charge < -0.3 is 5.32 Å². The van der Waals surface area contributed by atoms with Crippen molar-refractivity contribution in [2.45, 2.75) is 6.92 Å². The molecule has 88 valence electrons. The van der Waals surface area contributed by atoms with E-state index in [4.69, 9.17) is 0 Å². The number of hydrogen-bond donors (Lipinski definition) is 1. The van der Waals surface area contributed by atoms with E-state index in [9.17, 15) is 4.79 Å². The number of fused-ring (bicyclic) bond motifs is 1. The topological polar surface area (TPSA) is 54.4 Å². The Hall–Kier alpha value is -2.49. The minimum atomic E-state index is -0.114. The number of pyridine rings is 1. The number of aryl methyl sites for hydroxylation is 1. The number of amides is 1. The number of nitrogens with zero attached hydrogens (tertiary/aromatic N) is 2. The second-order valence-corrected chi connectivity index (χ2v) is 4.10. The van der Waals surface area contributed by atoms with E-state index in [1.54, 1.807) is 6.07 Å². The van der Waals surface area contributed by atoms with Gasteiger partial charge in [-0.15, -0.1) is 0 Å². The second kappa shape index (κ2) is 4.07. The van der Waals surface area contributed by atoms with E-state index in [1.165, 1.54) is 0 Å². The Kier molecular flexibility index (Phi) is 2.41. The van der Waals surface area contributed by atoms with E-state index in [0.29, 0.717) is 17.2 Å². The third-order valence-corrected chi connectivity index (χ3v) is 2.76. The minimum Gasteiger partial charge on any atom is -0.306 e. The normalized spacial score (nSPS) is 15.6. The van der Waals surface area contributed by atoms with Gasteiger partial charge in [0.15, 0.2) is 5.82 Å². The van der Waals surface area contributed by atoms with Crippen LogP contribution in [0, 0.1) is 6.92 Å². The van der Waals surface area contributed by atoms with Gasteiger partial charge in [0.2, 0.25) is 0 Å². The molecule has 0 radical (unpaired) electrons. The first-order chi connectivity index (χ1) is 8.74. The Morgan fingerprint density at radius 1 is 1.06 bits per heavy atom. The molecule has 4 nitrogen and oxygen atoms in total. The van der Waals surface area contributed by atoms with Crippen molar-refractivity contribution in [2.75, 3.05) is 0 Å². The Morgan fingerprint density at radius 2 is 1.83 bits per heavy atom. The van der Waals surface area contributed by atoms with Crippen LogP contribution in [0.2, 0.25) is 0 Å². The molecule has 0 spiro atoms. The predicted molar refractivity (Wildman–Crippen MR) is 69.1 cm³/mol. The predicted octanol–water partition coefficient (Wildman–Crippen LogP) is 2.21. The van der Waals surface area contributed by atoms with E-state index in [1.807, 2.05) is 43.3 Å². The summed E-state index contributed by atoms with van der Waals surface area (Å²) in [6, 6.07) is 13.0. The standard InChI is InChI=1S/C14H11N3O/c1-9-5-4-8-12(15-9)16-13-10-6-2-3-7-11(10)14(18)17-13/h2-8H,1H3,(H,15,16,17,18). The maximum absolute atomic E-state index is 11.7. The lowest BCUT2D eigenvalue weighted by molar-refractivity contribution is 0.0983. The first kappa shape index (κ1) is 10.7. The Bertz CT molecular complexity index is 662. The molecule has 1 aromatic carbocycles. The number of aromatic nitrogens is 1. The zero-order chi connectivity index (χ0) is 12.5. The molecule has 0 bridgehead atoms. The SMILES string of the molecule is Cc1cccc(/N=C2\NC(=O)c3ccccc32)n1. The van der Waals surface area contributed by atoms with Gasteiger partial charge >= 0.3 is 0 Å². The molecule has 0 saturated heterocycles. The summed E-state index contributed by atoms with van der Waals surface area (Å²) >= 11 is 0. The Balaban J connectivity index is 2.07. The van der Waals surface area contributed by atoms with Crippen molar-refractivity contribution in [3.63, 3.8) is 0 Å². The lowest BCUT2D eigenvalue weighted by atomic mass is 10.1. The van der Waals surface area contributed by atoms with Crippen molar-refractivity contribution >= 4 is 17.6 Å². The van der Waals surface area contributed by atoms with Gasteiger partial charge in [0.1, 0.15) is 5.84 Å². The minimum absolute atomic E-state index is 0.114. The van der Waals surface area contributed by atoms with Crippen molar-refractivity contribution in [3.05, 3.63) is 59.3 Å². The molecule has 1 N–H and O–H groups in total. The van der Waals surface area contributed by atoms with E-state index >= 15 is 0 Å². The van der Waals surface area contributed by atoms with Crippen LogP contribution in [0.15, 0.2) is 47.5 Å². The molecular formula is C14H11N3O. The van der Waals surface area contributed by atoms with Gasteiger partial charge in [-0.05, 0) is 25.1 Å². The second-order valence-electron chi connectivity index (χ2n) is 4.10. The number of rotatable bonds is 1. The van der Waals surface area contributed by atoms with Crippen LogP contribution in [-0.4, -0.2) is 16.7 Å². The van der Waals surface area contributed by atoms with Crippen LogP contribution in [0.25, 0.3) is 0 Å². The number of nitrogens with one attached hydrogen (secondary N) is 1. The van der Waals surface area contributed by atoms with Gasteiger partial charge in [0.25, 0.3) is 5.91 Å². The molecule has 1 aromatic heterocycles. The molecule has 18 heavy (non-hydrogen) atoms. The van der Waals surface area contributed by atoms with Crippen LogP contribution in [0.5, 0.6) is 0 Å². The highest BCUT2D eigenvalue weighted by atomic mass is 16.2. The van der Waals surface area contributed by atoms with Crippen LogP contribution < -0.4 is 5.32 Å². The first-order valence-corrected chi connectivity index (χ1v) is 5.67. The molecule has 0 fully saturated rings. The number of aliphatic imine (C=N–C) groups is 1. The lowest BCUT2D eigenvalue weighted by Crippen LogP contribution is -2.21. The van der Waals surface area contributed by atoms with Gasteiger partial charge in [-0.1, -0.05) is 24.3 Å². The van der Waals surface area contributed by atoms with Gasteiger partial charge in [0.05, 0.1) is 5.56 Å². The van der Waals surface area contributed by atoms with Crippen LogP contribution in [0.4, 0.5) is 5.82 Å². The fourth-order valence-corrected chi connectivity index (χ4v) is 1.92. The fraction of sp³-hybridized carbons (Fsp3) is 0.0714. The summed E-state index contributed by atoms with van der Waals surface area (Å²) in [4.78, 5) is 20.4. The van der Waals surface area contributed by atoms with Crippen LogP contribution >= 0.6 is 0 Å². The summed E-state index contributed by atoms with van der Waals surface area (Å²) in [7, 11) is 0. The Morgan fingerprint density at radius 3 is 2.61 bits per heavy atom. The van der Waals surface area contributed by atoms with E-state index in [0.717, 1.165) is 11.3 Å². The van der Waals surface area contributed by atoms with Gasteiger partial charge in [-0.2, -0.15) is 0 Å². The molecule has 1 amide bonds. The molecule has 0 aliphatic carbocycles. The third kappa shape index (κ3) is 1.78. The monoisotopic (exact) mass is 237 g/mol. The molecule has 0 atom stereocenters. The van der Waals surface area contributed by atoms with Crippen molar-refractivity contribution < 1.29 is 4.79 Å². The van der Waals surface area contributed by atoms with Crippen molar-refractivity contribution in [1.29, 1.82) is 0 Å². The average molecular weight is 237 g/mol. The van der Waals surface area contributed by atoms with Crippen molar-refractivity contribution in [3.8, 4) is 0 Å². The molecule has 4 heteroatoms. The van der Waals surface area contributed by atoms with Crippen LogP contribution in [0.3, 0.4) is 0 Å². The highest BCUT2D eigenvalue weighted by Gasteiger charge is 2.24. The molecule has 2 aromatic rings. The highest BCUT2D eigenvalue weighted by molar-refractivity contribution is 6.23. The third-order valence-electron chi connectivity index (χ3n) is 2.76. The van der Waals surface area contributed by atoms with Crippen molar-refractivity contribution in [2.24, 2.45) is 4.99 Å². The summed E-state index contributed by atoms with van der Waals surface area (Å²) < 4.78 is 0. The summed E-state index contributed by atoms with van der Waals surface area (Å²) in [6.07, 6.45) is 0. The maximum Gasteiger partial charge on any atom is 0.257 e. The molecule has 2 heterocycles. The smallest absolute Gasteiger partial charge is 0.257 e. The average Bonchev–Trinajstić information content (AvgIpc) is 2.67. The molecule has 3 rings (SSSR count). The van der Waals surface area contributed by atoms with E-state index in [2.05, 4.69) is 15.3 Å². The number of carbonyl (C=O) groups is 1. The van der Waals surface area contributed by atoms with Gasteiger partial charge in [-0.3, -0.25) is 4.79 Å². The van der Waals surface area contributed by atoms with E-state index in [-0.39, 0.29) is 5.91 Å². The Labute approximate surface area is 104 Å². The largest absolute Gasteiger partial charge is 0.306 e. The number of amidine groups is 1. The van der Waals surface area contributed by atoms with Gasteiger partial charge in [-0.25, -0.2) is 9.98 Å². The summed E-state index contributed by atoms with van der Waals surface area (Å²) in [5, 5.41) is 2.76. The molecule has 0 unspecified atom stereocenters. The van der Waals surface area contributed by atoms with Crippen molar-refractivity contribution in [1.82, 2.24) is 10.3 Å². The molecule has 0 saturated carbocycles. The van der Waals surface area contributed by atoms with Crippen LogP contribution in [0.1, 0.15) is 21.6 Å². The molecule has 1 aliphatic heterocycles. The highest BCUT2D eigenvalue weighted by Crippen LogP contribution is 2.18. The summed E-state index contributed by atoms with van der Waals surface area (Å²) in [5.74, 6) is 1.05. The maximum atomic E-state index is 11.7. The molecular weight excluding hydrogens is 226 g/mol. The quantitative estimate of drug-likeness (QED) is 0.826. The number of benzene rings is 1. The van der Waals surface area contributed by atoms with Gasteiger partial charge in [0, 0.05) is 11.3 Å². The zero-order valence-electron chi connectivity index (χ0n) is 9.84. The number of carbonyl (C=O) groups excluding carboxylic acids is 1. The molecule has 1 aliphatic rings. The summed E-state index contributed by atoms with van der Waals surface area (Å²) in [6.45, 7) is 1.91. The van der Waals surface area contributed by atoms with E-state index < -0.39 is 0 Å².